The lowest BCUT2D eigenvalue weighted by molar-refractivity contribution is -0.136. The number of nitrogens with zero attached hydrogens (tertiary/aromatic N) is 1. The minimum absolute atomic E-state index is 0.0932. The summed E-state index contributed by atoms with van der Waals surface area (Å²) in [4.78, 5) is 29.1. The number of ether oxygens (including phenoxy) is 1. The van der Waals surface area contributed by atoms with Gasteiger partial charge in [-0.2, -0.15) is 0 Å². The molecule has 2 bridgehead atoms. The molecule has 0 saturated heterocycles. The van der Waals surface area contributed by atoms with Gasteiger partial charge < -0.3 is 4.74 Å². The van der Waals surface area contributed by atoms with Gasteiger partial charge in [0, 0.05) is 24.1 Å². The topological polar surface area (TPSA) is 56.3 Å². The summed E-state index contributed by atoms with van der Waals surface area (Å²) >= 11 is 5.81. The summed E-state index contributed by atoms with van der Waals surface area (Å²) in [6, 6.07) is 3.39. The minimum atomic E-state index is -1.30. The largest absolute Gasteiger partial charge is 0.481 e. The summed E-state index contributed by atoms with van der Waals surface area (Å²) in [5, 5.41) is -0.638. The van der Waals surface area contributed by atoms with Crippen molar-refractivity contribution in [1.82, 2.24) is 4.98 Å². The highest BCUT2D eigenvalue weighted by molar-refractivity contribution is 6.68. The number of halogens is 1. The number of fused-ring (bicyclic) bond motifs is 4. The fourth-order valence-electron chi connectivity index (χ4n) is 3.36. The summed E-state index contributed by atoms with van der Waals surface area (Å²) in [7, 11) is 1.54. The van der Waals surface area contributed by atoms with Crippen LogP contribution in [0.5, 0.6) is 5.88 Å². The number of Topliss-reactive ketones (excluding diaryl/α,β-unsaturated/α-hetero) is 1. The van der Waals surface area contributed by atoms with Crippen LogP contribution in [-0.4, -0.2) is 23.1 Å². The molecule has 0 aliphatic heterocycles. The van der Waals surface area contributed by atoms with E-state index in [2.05, 4.69) is 11.6 Å². The predicted octanol–water partition coefficient (Wildman–Crippen LogP) is 2.18. The van der Waals surface area contributed by atoms with E-state index in [0.29, 0.717) is 24.3 Å². The Morgan fingerprint density at radius 2 is 2.25 bits per heavy atom. The standard InChI is InChI=1S/C15H14ClNO3/c1-8-5-9-6-11-10(3-4-12(17-11)20-2)15(7-8,13(9)18)14(16)19/h3-4,9H,1,5-7H2,2H3. The molecule has 1 aromatic heterocycles. The molecule has 20 heavy (non-hydrogen) atoms. The van der Waals surface area contributed by atoms with E-state index >= 15 is 0 Å². The fourth-order valence-corrected chi connectivity index (χ4v) is 3.62. The molecule has 4 nitrogen and oxygen atoms in total. The number of pyridine rings is 1. The molecule has 1 aromatic rings. The average Bonchev–Trinajstić information content (AvgIpc) is 2.40. The quantitative estimate of drug-likeness (QED) is 0.476. The van der Waals surface area contributed by atoms with Crippen LogP contribution in [-0.2, 0) is 21.4 Å². The smallest absolute Gasteiger partial charge is 0.240 e. The highest BCUT2D eigenvalue weighted by Gasteiger charge is 2.56. The lowest BCUT2D eigenvalue weighted by Crippen LogP contribution is -2.52. The van der Waals surface area contributed by atoms with E-state index in [9.17, 15) is 9.59 Å². The molecule has 0 N–H and O–H groups in total. The maximum atomic E-state index is 12.6. The van der Waals surface area contributed by atoms with Gasteiger partial charge >= 0.3 is 0 Å². The summed E-state index contributed by atoms with van der Waals surface area (Å²) in [5.41, 5.74) is 0.940. The predicted molar refractivity (Wildman–Crippen MR) is 73.9 cm³/mol. The van der Waals surface area contributed by atoms with Gasteiger partial charge in [-0.05, 0) is 30.0 Å². The monoisotopic (exact) mass is 291 g/mol. The normalized spacial score (nSPS) is 28.0. The van der Waals surface area contributed by atoms with Crippen molar-refractivity contribution in [1.29, 1.82) is 0 Å². The van der Waals surface area contributed by atoms with E-state index in [1.165, 1.54) is 7.11 Å². The van der Waals surface area contributed by atoms with Gasteiger partial charge in [0.1, 0.15) is 5.41 Å². The molecule has 104 valence electrons. The van der Waals surface area contributed by atoms with E-state index < -0.39 is 10.7 Å². The van der Waals surface area contributed by atoms with Crippen molar-refractivity contribution in [2.75, 3.05) is 7.11 Å². The fraction of sp³-hybridized carbons (Fsp3) is 0.400. The third-order valence-corrected chi connectivity index (χ3v) is 4.56. The van der Waals surface area contributed by atoms with Crippen LogP contribution in [0.1, 0.15) is 24.1 Å². The molecule has 1 saturated carbocycles. The van der Waals surface area contributed by atoms with Crippen molar-refractivity contribution < 1.29 is 14.3 Å². The van der Waals surface area contributed by atoms with Crippen molar-refractivity contribution >= 4 is 22.6 Å². The first kappa shape index (κ1) is 13.3. The Balaban J connectivity index is 2.25. The van der Waals surface area contributed by atoms with Gasteiger partial charge in [0.25, 0.3) is 0 Å². The lowest BCUT2D eigenvalue weighted by atomic mass is 9.59. The highest BCUT2D eigenvalue weighted by Crippen LogP contribution is 2.48. The lowest BCUT2D eigenvalue weighted by Gasteiger charge is -2.42. The Kier molecular flexibility index (Phi) is 2.94. The first-order valence-electron chi connectivity index (χ1n) is 6.44. The maximum Gasteiger partial charge on any atom is 0.240 e. The second kappa shape index (κ2) is 4.42. The van der Waals surface area contributed by atoms with Crippen molar-refractivity contribution in [3.63, 3.8) is 0 Å². The average molecular weight is 292 g/mol. The van der Waals surface area contributed by atoms with Gasteiger partial charge in [0.2, 0.25) is 11.1 Å². The molecular weight excluding hydrogens is 278 g/mol. The first-order chi connectivity index (χ1) is 9.49. The van der Waals surface area contributed by atoms with Crippen LogP contribution in [0, 0.1) is 5.92 Å². The van der Waals surface area contributed by atoms with E-state index in [1.807, 2.05) is 0 Å². The molecule has 5 heteroatoms. The van der Waals surface area contributed by atoms with Crippen LogP contribution in [0.25, 0.3) is 0 Å². The Hall–Kier alpha value is -1.68. The molecule has 0 amide bonds. The number of aromatic nitrogens is 1. The minimum Gasteiger partial charge on any atom is -0.481 e. The van der Waals surface area contributed by atoms with Gasteiger partial charge in [-0.15, -0.1) is 0 Å². The van der Waals surface area contributed by atoms with Gasteiger partial charge in [0.05, 0.1) is 7.11 Å². The second-order valence-electron chi connectivity index (χ2n) is 5.42. The number of hydrogen-bond donors (Lipinski definition) is 0. The van der Waals surface area contributed by atoms with Crippen molar-refractivity contribution in [3.05, 3.63) is 35.5 Å². The number of carbonyl (C=O) groups is 2. The highest BCUT2D eigenvalue weighted by atomic mass is 35.5. The van der Waals surface area contributed by atoms with E-state index in [4.69, 9.17) is 16.3 Å². The van der Waals surface area contributed by atoms with Crippen LogP contribution < -0.4 is 4.74 Å². The molecule has 0 aromatic carbocycles. The molecule has 0 radical (unpaired) electrons. The van der Waals surface area contributed by atoms with Crippen molar-refractivity contribution in [2.24, 2.45) is 5.92 Å². The number of methoxy groups -OCH3 is 1. The van der Waals surface area contributed by atoms with Gasteiger partial charge in [-0.3, -0.25) is 9.59 Å². The maximum absolute atomic E-state index is 12.6. The molecule has 2 unspecified atom stereocenters. The summed E-state index contributed by atoms with van der Waals surface area (Å²) < 4.78 is 5.11. The van der Waals surface area contributed by atoms with Crippen molar-refractivity contribution in [2.45, 2.75) is 24.7 Å². The van der Waals surface area contributed by atoms with Crippen LogP contribution in [0.3, 0.4) is 0 Å². The number of rotatable bonds is 2. The number of hydrogen-bond acceptors (Lipinski definition) is 4. The molecule has 0 spiro atoms. The van der Waals surface area contributed by atoms with Crippen molar-refractivity contribution in [3.8, 4) is 5.88 Å². The molecule has 1 fully saturated rings. The second-order valence-corrected chi connectivity index (χ2v) is 5.77. The summed E-state index contributed by atoms with van der Waals surface area (Å²) in [5.74, 6) is 0.127. The zero-order chi connectivity index (χ0) is 14.5. The summed E-state index contributed by atoms with van der Waals surface area (Å²) in [6.45, 7) is 3.96. The Bertz CT molecular complexity index is 640. The Morgan fingerprint density at radius 3 is 2.90 bits per heavy atom. The zero-order valence-corrected chi connectivity index (χ0v) is 11.9. The Labute approximate surface area is 121 Å². The molecule has 3 rings (SSSR count). The molecular formula is C15H14ClNO3. The number of ketones is 1. The van der Waals surface area contributed by atoms with Crippen LogP contribution in [0.2, 0.25) is 0 Å². The van der Waals surface area contributed by atoms with Gasteiger partial charge in [0.15, 0.2) is 5.78 Å². The van der Waals surface area contributed by atoms with E-state index in [1.54, 1.807) is 12.1 Å². The summed E-state index contributed by atoms with van der Waals surface area (Å²) in [6.07, 6.45) is 1.39. The van der Waals surface area contributed by atoms with Crippen LogP contribution >= 0.6 is 11.6 Å². The molecule has 2 aliphatic carbocycles. The SMILES string of the molecule is C=C1CC2Cc3nc(OC)ccc3C(C(=O)Cl)(C1)C2=O. The molecule has 1 heterocycles. The number of allylic oxidation sites excluding steroid dienone is 1. The molecule has 2 atom stereocenters. The van der Waals surface area contributed by atoms with E-state index in [0.717, 1.165) is 11.3 Å². The van der Waals surface area contributed by atoms with Crippen LogP contribution in [0.15, 0.2) is 24.3 Å². The third kappa shape index (κ3) is 1.64. The van der Waals surface area contributed by atoms with E-state index in [-0.39, 0.29) is 18.1 Å². The Morgan fingerprint density at radius 1 is 1.50 bits per heavy atom. The first-order valence-corrected chi connectivity index (χ1v) is 6.82. The third-order valence-electron chi connectivity index (χ3n) is 4.23. The van der Waals surface area contributed by atoms with Crippen LogP contribution in [0.4, 0.5) is 0 Å². The molecule has 2 aliphatic rings. The van der Waals surface area contributed by atoms with Gasteiger partial charge in [-0.1, -0.05) is 18.2 Å². The zero-order valence-electron chi connectivity index (χ0n) is 11.1. The van der Waals surface area contributed by atoms with Gasteiger partial charge in [-0.25, -0.2) is 4.98 Å². The number of carbonyl (C=O) groups excluding carboxylic acids is 2.